The maximum Gasteiger partial charge on any atom is 0.409 e. The van der Waals surface area contributed by atoms with Gasteiger partial charge in [-0.3, -0.25) is 18.5 Å². The predicted octanol–water partition coefficient (Wildman–Crippen LogP) is 1.69. The molecular formula is C23H21F3N4O11P2. The number of carbonyl (C=O) groups is 2. The molecule has 1 saturated carbocycles. The Morgan fingerprint density at radius 3 is 2.19 bits per heavy atom. The summed E-state index contributed by atoms with van der Waals surface area (Å²) in [6, 6.07) is 2.47. The van der Waals surface area contributed by atoms with Gasteiger partial charge in [0.2, 0.25) is 5.43 Å². The monoisotopic (exact) mass is 648 g/mol. The van der Waals surface area contributed by atoms with Gasteiger partial charge in [-0.05, 0) is 25.1 Å². The van der Waals surface area contributed by atoms with Crippen molar-refractivity contribution in [1.29, 1.82) is 0 Å². The molecule has 0 bridgehead atoms. The summed E-state index contributed by atoms with van der Waals surface area (Å²) in [6.07, 6.45) is -0.719. The summed E-state index contributed by atoms with van der Waals surface area (Å²) in [5.74, 6) is -5.82. The Kier molecular flexibility index (Phi) is 7.23. The molecule has 3 heterocycles. The molecular weight excluding hydrogens is 627 g/mol. The summed E-state index contributed by atoms with van der Waals surface area (Å²) in [5, 5.41) is 7.82. The second-order valence-electron chi connectivity index (χ2n) is 10.1. The van der Waals surface area contributed by atoms with E-state index >= 15 is 4.39 Å². The Hall–Kier alpha value is -3.79. The van der Waals surface area contributed by atoms with Crippen molar-refractivity contribution in [2.75, 3.05) is 18.0 Å². The fourth-order valence-electron chi connectivity index (χ4n) is 4.99. The van der Waals surface area contributed by atoms with Crippen molar-refractivity contribution in [2.45, 2.75) is 18.0 Å². The number of carbonyl (C=O) groups excluding carboxylic acids is 1. The third-order valence-electron chi connectivity index (χ3n) is 7.46. The number of hydrogen-bond acceptors (Lipinski definition) is 8. The highest BCUT2D eigenvalue weighted by Crippen LogP contribution is 2.69. The molecule has 5 rings (SSSR count). The van der Waals surface area contributed by atoms with Crippen LogP contribution >= 0.6 is 15.2 Å². The minimum Gasteiger partial charge on any atom is -0.477 e. The van der Waals surface area contributed by atoms with E-state index in [-0.39, 0.29) is 42.1 Å². The zero-order chi connectivity index (χ0) is 31.8. The SMILES string of the molecule is CC(OC(=O)NC1[C@H]2CN(c3nc4c(cc3F)c(=O)c(C(=O)O)cn4-c3ccc(F)cc3F)C[C@@H]12)(P(=O)(O)O)P(=O)(O)O. The molecule has 230 valence electrons. The Balaban J connectivity index is 1.41. The van der Waals surface area contributed by atoms with Crippen LogP contribution in [0, 0.1) is 29.3 Å². The van der Waals surface area contributed by atoms with Gasteiger partial charge in [0.15, 0.2) is 17.3 Å². The number of carboxylic acid groups (broad SMARTS) is 1. The van der Waals surface area contributed by atoms with Crippen LogP contribution < -0.4 is 15.6 Å². The van der Waals surface area contributed by atoms with Crippen molar-refractivity contribution in [3.63, 3.8) is 0 Å². The van der Waals surface area contributed by atoms with Crippen molar-refractivity contribution >= 4 is 44.1 Å². The summed E-state index contributed by atoms with van der Waals surface area (Å²) in [5.41, 5.74) is -2.61. The second kappa shape index (κ2) is 10.1. The van der Waals surface area contributed by atoms with Crippen LogP contribution in [0.5, 0.6) is 0 Å². The molecule has 0 radical (unpaired) electrons. The van der Waals surface area contributed by atoms with Crippen LogP contribution in [0.1, 0.15) is 17.3 Å². The van der Waals surface area contributed by atoms with Gasteiger partial charge < -0.3 is 39.6 Å². The molecule has 15 nitrogen and oxygen atoms in total. The van der Waals surface area contributed by atoms with E-state index in [0.29, 0.717) is 13.0 Å². The number of aromatic nitrogens is 2. The Morgan fingerprint density at radius 1 is 1.05 bits per heavy atom. The molecule has 0 spiro atoms. The maximum atomic E-state index is 15.2. The van der Waals surface area contributed by atoms with Gasteiger partial charge in [-0.1, -0.05) is 0 Å². The van der Waals surface area contributed by atoms with Crippen LogP contribution in [-0.4, -0.2) is 70.5 Å². The molecule has 1 amide bonds. The van der Waals surface area contributed by atoms with Crippen LogP contribution in [0.3, 0.4) is 0 Å². The molecule has 1 aliphatic heterocycles. The number of rotatable bonds is 7. The van der Waals surface area contributed by atoms with Crippen LogP contribution in [0.4, 0.5) is 23.8 Å². The quantitative estimate of drug-likeness (QED) is 0.201. The number of nitrogens with zero attached hydrogens (tertiary/aromatic N) is 3. The minimum atomic E-state index is -5.63. The predicted molar refractivity (Wildman–Crippen MR) is 139 cm³/mol. The van der Waals surface area contributed by atoms with Gasteiger partial charge in [0, 0.05) is 43.2 Å². The van der Waals surface area contributed by atoms with E-state index in [0.717, 1.165) is 29.0 Å². The molecule has 2 fully saturated rings. The van der Waals surface area contributed by atoms with E-state index < -0.39 is 72.2 Å². The summed E-state index contributed by atoms with van der Waals surface area (Å²) in [6.45, 7) is 0.484. The zero-order valence-corrected chi connectivity index (χ0v) is 23.4. The van der Waals surface area contributed by atoms with Crippen molar-refractivity contribution in [1.82, 2.24) is 14.9 Å². The summed E-state index contributed by atoms with van der Waals surface area (Å²) in [7, 11) is -11.3. The van der Waals surface area contributed by atoms with Gasteiger partial charge in [0.25, 0.3) is 0 Å². The molecule has 1 saturated heterocycles. The molecule has 43 heavy (non-hydrogen) atoms. The number of fused-ring (bicyclic) bond motifs is 2. The average molecular weight is 648 g/mol. The smallest absolute Gasteiger partial charge is 0.409 e. The second-order valence-corrected chi connectivity index (χ2v) is 14.4. The number of carboxylic acids is 1. The topological polar surface area (TPSA) is 229 Å². The molecule has 1 aromatic carbocycles. The summed E-state index contributed by atoms with van der Waals surface area (Å²) in [4.78, 5) is 79.7. The first-order chi connectivity index (χ1) is 19.8. The number of anilines is 1. The fourth-order valence-corrected chi connectivity index (χ4v) is 6.75. The highest BCUT2D eigenvalue weighted by atomic mass is 31.2. The number of halogens is 3. The van der Waals surface area contributed by atoms with Crippen molar-refractivity contribution < 1.29 is 61.3 Å². The lowest BCUT2D eigenvalue weighted by molar-refractivity contribution is 0.0695. The van der Waals surface area contributed by atoms with E-state index in [1.165, 1.54) is 4.90 Å². The third kappa shape index (κ3) is 5.19. The highest BCUT2D eigenvalue weighted by molar-refractivity contribution is 7.72. The molecule has 1 unspecified atom stereocenters. The van der Waals surface area contributed by atoms with Gasteiger partial charge in [-0.25, -0.2) is 27.7 Å². The third-order valence-corrected chi connectivity index (χ3v) is 11.4. The number of aromatic carboxylic acids is 1. The lowest BCUT2D eigenvalue weighted by Crippen LogP contribution is -2.40. The fraction of sp³-hybridized carbons (Fsp3) is 0.304. The first kappa shape index (κ1) is 30.7. The zero-order valence-electron chi connectivity index (χ0n) is 21.6. The molecule has 6 N–H and O–H groups in total. The molecule has 20 heteroatoms. The molecule has 3 aromatic rings. The maximum absolute atomic E-state index is 15.2. The molecule has 2 aliphatic rings. The van der Waals surface area contributed by atoms with Gasteiger partial charge in [-0.15, -0.1) is 0 Å². The number of alkyl carbamates (subject to hydrolysis) is 1. The summed E-state index contributed by atoms with van der Waals surface area (Å²) >= 11 is 0. The van der Waals surface area contributed by atoms with Crippen LogP contribution in [0.15, 0.2) is 35.3 Å². The number of pyridine rings is 2. The van der Waals surface area contributed by atoms with E-state index in [1.807, 2.05) is 0 Å². The van der Waals surface area contributed by atoms with Crippen molar-refractivity contribution in [2.24, 2.45) is 11.8 Å². The Bertz CT molecular complexity index is 1830. The number of amides is 1. The molecule has 3 atom stereocenters. The molecule has 1 aliphatic carbocycles. The van der Waals surface area contributed by atoms with Crippen LogP contribution in [-0.2, 0) is 13.9 Å². The standard InChI is InChI=1S/C23H21F3N4O11P2/c1-23(42(35,36)37,43(38,39)40)41-22(34)27-17-11-6-29(7-12(11)17)20-15(26)5-10-18(31)13(21(32)33)8-30(19(10)28-20)16-3-2-9(24)4-14(16)25/h2-5,8,11-12,17H,6-7H2,1H3,(H,27,34)(H,32,33)(H2,35,36,37)(H2,38,39,40)/t11-,12+,17?. The average Bonchev–Trinajstić information content (AvgIpc) is 3.30. The Morgan fingerprint density at radius 2 is 1.65 bits per heavy atom. The normalized spacial score (nSPS) is 20.2. The van der Waals surface area contributed by atoms with Gasteiger partial charge >= 0.3 is 32.3 Å². The molecule has 2 aromatic heterocycles. The lowest BCUT2D eigenvalue weighted by Gasteiger charge is -2.30. The number of benzene rings is 1. The van der Waals surface area contributed by atoms with Gasteiger partial charge in [0.1, 0.15) is 17.2 Å². The van der Waals surface area contributed by atoms with Crippen LogP contribution in [0.2, 0.25) is 0 Å². The van der Waals surface area contributed by atoms with Crippen LogP contribution in [0.25, 0.3) is 16.7 Å². The number of piperidine rings is 1. The van der Waals surface area contributed by atoms with Gasteiger partial charge in [-0.2, -0.15) is 0 Å². The first-order valence-corrected chi connectivity index (χ1v) is 15.4. The number of ether oxygens (including phenoxy) is 1. The summed E-state index contributed by atoms with van der Waals surface area (Å²) < 4.78 is 72.1. The van der Waals surface area contributed by atoms with E-state index in [4.69, 9.17) is 0 Å². The lowest BCUT2D eigenvalue weighted by atomic mass is 10.1. The van der Waals surface area contributed by atoms with E-state index in [1.54, 1.807) is 0 Å². The van der Waals surface area contributed by atoms with E-state index in [9.17, 15) is 57.0 Å². The largest absolute Gasteiger partial charge is 0.477 e. The van der Waals surface area contributed by atoms with Crippen molar-refractivity contribution in [3.8, 4) is 5.69 Å². The first-order valence-electron chi connectivity index (χ1n) is 12.1. The number of hydrogen-bond donors (Lipinski definition) is 6. The minimum absolute atomic E-state index is 0.0433. The Labute approximate surface area is 237 Å². The highest BCUT2D eigenvalue weighted by Gasteiger charge is 2.62. The van der Waals surface area contributed by atoms with E-state index in [2.05, 4.69) is 15.0 Å². The number of nitrogens with one attached hydrogen (secondary N) is 1. The van der Waals surface area contributed by atoms with Gasteiger partial charge in [0.05, 0.1) is 11.1 Å². The van der Waals surface area contributed by atoms with Crippen molar-refractivity contribution in [3.05, 3.63) is 63.7 Å².